The number of alkyl halides is 3. The zero-order valence-corrected chi connectivity index (χ0v) is 13.1. The SMILES string of the molecule is CC(O)(c1cccc(Br)c1)c1ccc(C(F)(F)F)nc1Cl. The Morgan fingerprint density at radius 1 is 1.19 bits per heavy atom. The van der Waals surface area contributed by atoms with Crippen LogP contribution in [0.3, 0.4) is 0 Å². The standard InChI is InChI=1S/C14H10BrClF3NO/c1-13(21,8-3-2-4-9(15)7-8)10-5-6-11(14(17,18)19)20-12(10)16/h2-7,21H,1H3. The number of benzene rings is 1. The van der Waals surface area contributed by atoms with E-state index in [9.17, 15) is 18.3 Å². The summed E-state index contributed by atoms with van der Waals surface area (Å²) in [5.74, 6) is 0. The van der Waals surface area contributed by atoms with Crippen LogP contribution in [0, 0.1) is 0 Å². The molecule has 0 saturated carbocycles. The monoisotopic (exact) mass is 379 g/mol. The Morgan fingerprint density at radius 3 is 2.38 bits per heavy atom. The third kappa shape index (κ3) is 3.39. The summed E-state index contributed by atoms with van der Waals surface area (Å²) in [5, 5.41) is 10.2. The van der Waals surface area contributed by atoms with Crippen LogP contribution in [0.4, 0.5) is 13.2 Å². The van der Waals surface area contributed by atoms with E-state index in [1.807, 2.05) is 0 Å². The highest BCUT2D eigenvalue weighted by molar-refractivity contribution is 9.10. The van der Waals surface area contributed by atoms with Crippen molar-refractivity contribution in [1.29, 1.82) is 0 Å². The third-order valence-corrected chi connectivity index (χ3v) is 3.83. The van der Waals surface area contributed by atoms with Crippen molar-refractivity contribution in [3.63, 3.8) is 0 Å². The Hall–Kier alpha value is -1.11. The summed E-state index contributed by atoms with van der Waals surface area (Å²) >= 11 is 9.10. The number of aromatic nitrogens is 1. The van der Waals surface area contributed by atoms with E-state index in [-0.39, 0.29) is 10.7 Å². The van der Waals surface area contributed by atoms with Crippen molar-refractivity contribution in [1.82, 2.24) is 4.98 Å². The molecular formula is C14H10BrClF3NO. The molecule has 0 fully saturated rings. The normalized spacial score (nSPS) is 14.8. The van der Waals surface area contributed by atoms with Crippen LogP contribution < -0.4 is 0 Å². The predicted molar refractivity (Wildman–Crippen MR) is 77.1 cm³/mol. The summed E-state index contributed by atoms with van der Waals surface area (Å²) in [7, 11) is 0. The minimum atomic E-state index is -4.58. The molecule has 0 radical (unpaired) electrons. The lowest BCUT2D eigenvalue weighted by atomic mass is 9.89. The van der Waals surface area contributed by atoms with Gasteiger partial charge >= 0.3 is 6.18 Å². The van der Waals surface area contributed by atoms with Crippen LogP contribution in [0.15, 0.2) is 40.9 Å². The van der Waals surface area contributed by atoms with Gasteiger partial charge in [-0.25, -0.2) is 4.98 Å². The van der Waals surface area contributed by atoms with Gasteiger partial charge in [0, 0.05) is 10.0 Å². The predicted octanol–water partition coefficient (Wildman–Crippen LogP) is 4.77. The molecule has 1 atom stereocenters. The largest absolute Gasteiger partial charge is 0.433 e. The third-order valence-electron chi connectivity index (χ3n) is 3.05. The molecule has 0 spiro atoms. The zero-order valence-electron chi connectivity index (χ0n) is 10.7. The van der Waals surface area contributed by atoms with Crippen LogP contribution in [0.1, 0.15) is 23.7 Å². The minimum absolute atomic E-state index is 0.107. The van der Waals surface area contributed by atoms with Gasteiger partial charge < -0.3 is 5.11 Å². The fourth-order valence-electron chi connectivity index (χ4n) is 1.90. The number of rotatable bonds is 2. The van der Waals surface area contributed by atoms with Crippen molar-refractivity contribution in [3.8, 4) is 0 Å². The van der Waals surface area contributed by atoms with Gasteiger partial charge in [0.1, 0.15) is 16.4 Å². The molecule has 0 aliphatic carbocycles. The molecule has 1 heterocycles. The molecule has 2 aromatic rings. The first-order valence-electron chi connectivity index (χ1n) is 5.85. The van der Waals surface area contributed by atoms with Crippen molar-refractivity contribution < 1.29 is 18.3 Å². The second kappa shape index (κ2) is 5.59. The maximum atomic E-state index is 12.6. The second-order valence-corrected chi connectivity index (χ2v) is 5.89. The quantitative estimate of drug-likeness (QED) is 0.761. The average Bonchev–Trinajstić information content (AvgIpc) is 2.37. The van der Waals surface area contributed by atoms with E-state index in [0.29, 0.717) is 5.56 Å². The first-order valence-corrected chi connectivity index (χ1v) is 7.02. The number of nitrogens with zero attached hydrogens (tertiary/aromatic N) is 1. The highest BCUT2D eigenvalue weighted by Crippen LogP contribution is 2.36. The molecule has 2 rings (SSSR count). The van der Waals surface area contributed by atoms with E-state index in [1.54, 1.807) is 24.3 Å². The fraction of sp³-hybridized carbons (Fsp3) is 0.214. The summed E-state index contributed by atoms with van der Waals surface area (Å²) in [4.78, 5) is 3.33. The van der Waals surface area contributed by atoms with Crippen molar-refractivity contribution in [3.05, 3.63) is 62.8 Å². The molecule has 0 aliphatic rings. The van der Waals surface area contributed by atoms with Gasteiger partial charge in [-0.3, -0.25) is 0 Å². The topological polar surface area (TPSA) is 33.1 Å². The number of hydrogen-bond donors (Lipinski definition) is 1. The molecule has 1 unspecified atom stereocenters. The number of halogens is 5. The lowest BCUT2D eigenvalue weighted by Crippen LogP contribution is -2.24. The summed E-state index contributed by atoms with van der Waals surface area (Å²) < 4.78 is 38.5. The first-order chi connectivity index (χ1) is 9.62. The van der Waals surface area contributed by atoms with E-state index in [1.165, 1.54) is 6.92 Å². The molecule has 1 N–H and O–H groups in total. The lowest BCUT2D eigenvalue weighted by molar-refractivity contribution is -0.141. The van der Waals surface area contributed by atoms with E-state index in [4.69, 9.17) is 11.6 Å². The summed E-state index contributed by atoms with van der Waals surface area (Å²) in [6.45, 7) is 1.45. The summed E-state index contributed by atoms with van der Waals surface area (Å²) in [6.07, 6.45) is -4.58. The first kappa shape index (κ1) is 16.3. The molecule has 0 saturated heterocycles. The van der Waals surface area contributed by atoms with Crippen LogP contribution in [0.25, 0.3) is 0 Å². The fourth-order valence-corrected chi connectivity index (χ4v) is 2.64. The van der Waals surface area contributed by atoms with Gasteiger partial charge in [0.05, 0.1) is 0 Å². The maximum absolute atomic E-state index is 12.6. The molecule has 2 nitrogen and oxygen atoms in total. The van der Waals surface area contributed by atoms with Crippen LogP contribution in [-0.4, -0.2) is 10.1 Å². The zero-order chi connectivity index (χ0) is 15.8. The van der Waals surface area contributed by atoms with Crippen LogP contribution in [0.5, 0.6) is 0 Å². The van der Waals surface area contributed by atoms with E-state index in [0.717, 1.165) is 16.6 Å². The van der Waals surface area contributed by atoms with E-state index in [2.05, 4.69) is 20.9 Å². The Bertz CT molecular complexity index is 674. The molecular weight excluding hydrogens is 371 g/mol. The maximum Gasteiger partial charge on any atom is 0.433 e. The van der Waals surface area contributed by atoms with Gasteiger partial charge in [-0.15, -0.1) is 0 Å². The van der Waals surface area contributed by atoms with Crippen LogP contribution in [0.2, 0.25) is 5.15 Å². The molecule has 1 aromatic heterocycles. The van der Waals surface area contributed by atoms with Crippen LogP contribution >= 0.6 is 27.5 Å². The van der Waals surface area contributed by atoms with Gasteiger partial charge in [-0.1, -0.05) is 45.7 Å². The molecule has 0 bridgehead atoms. The van der Waals surface area contributed by atoms with Gasteiger partial charge in [0.15, 0.2) is 0 Å². The summed E-state index contributed by atoms with van der Waals surface area (Å²) in [5.41, 5.74) is -2.06. The summed E-state index contributed by atoms with van der Waals surface area (Å²) in [6, 6.07) is 8.73. The molecule has 1 aromatic carbocycles. The number of pyridine rings is 1. The molecule has 0 aliphatic heterocycles. The molecule has 7 heteroatoms. The minimum Gasteiger partial charge on any atom is -0.381 e. The van der Waals surface area contributed by atoms with Crippen molar-refractivity contribution >= 4 is 27.5 Å². The lowest BCUT2D eigenvalue weighted by Gasteiger charge is -2.25. The smallest absolute Gasteiger partial charge is 0.381 e. The van der Waals surface area contributed by atoms with Gasteiger partial charge in [-0.2, -0.15) is 13.2 Å². The Morgan fingerprint density at radius 2 is 1.86 bits per heavy atom. The molecule has 0 amide bonds. The molecule has 112 valence electrons. The highest BCUT2D eigenvalue weighted by atomic mass is 79.9. The number of aliphatic hydroxyl groups is 1. The van der Waals surface area contributed by atoms with Crippen LogP contribution in [-0.2, 0) is 11.8 Å². The van der Waals surface area contributed by atoms with E-state index >= 15 is 0 Å². The molecule has 21 heavy (non-hydrogen) atoms. The average molecular weight is 381 g/mol. The van der Waals surface area contributed by atoms with Gasteiger partial charge in [-0.05, 0) is 30.7 Å². The van der Waals surface area contributed by atoms with Crippen molar-refractivity contribution in [2.45, 2.75) is 18.7 Å². The van der Waals surface area contributed by atoms with Crippen molar-refractivity contribution in [2.24, 2.45) is 0 Å². The van der Waals surface area contributed by atoms with Crippen molar-refractivity contribution in [2.75, 3.05) is 0 Å². The van der Waals surface area contributed by atoms with Gasteiger partial charge in [0.2, 0.25) is 0 Å². The van der Waals surface area contributed by atoms with Gasteiger partial charge in [0.25, 0.3) is 0 Å². The Labute approximate surface area is 132 Å². The second-order valence-electron chi connectivity index (χ2n) is 4.62. The Kier molecular flexibility index (Phi) is 4.33. The van der Waals surface area contributed by atoms with E-state index < -0.39 is 17.5 Å². The highest BCUT2D eigenvalue weighted by Gasteiger charge is 2.35. The number of hydrogen-bond acceptors (Lipinski definition) is 2. The Balaban J connectivity index is 2.50.